The molecule has 1 rings (SSSR count). The Labute approximate surface area is 87.7 Å². The van der Waals surface area contributed by atoms with Gasteiger partial charge in [-0.05, 0) is 24.0 Å². The van der Waals surface area contributed by atoms with E-state index in [1.165, 1.54) is 24.1 Å². The number of hydrogen-bond acceptors (Lipinski definition) is 1. The van der Waals surface area contributed by atoms with E-state index in [0.717, 1.165) is 5.92 Å². The van der Waals surface area contributed by atoms with E-state index in [0.29, 0.717) is 0 Å². The summed E-state index contributed by atoms with van der Waals surface area (Å²) in [5, 5.41) is 0. The van der Waals surface area contributed by atoms with Crippen molar-refractivity contribution in [2.24, 2.45) is 5.92 Å². The quantitative estimate of drug-likeness (QED) is 0.705. The second kappa shape index (κ2) is 5.04. The molecule has 1 nitrogen and oxygen atoms in total. The molecule has 1 heteroatoms. The van der Waals surface area contributed by atoms with Gasteiger partial charge in [-0.25, -0.2) is 0 Å². The lowest BCUT2D eigenvalue weighted by Gasteiger charge is -2.19. The number of para-hydroxylation sites is 1. The van der Waals surface area contributed by atoms with Crippen LogP contribution in [0.15, 0.2) is 24.3 Å². The predicted molar refractivity (Wildman–Crippen MR) is 63.9 cm³/mol. The highest BCUT2D eigenvalue weighted by Gasteiger charge is 2.06. The highest BCUT2D eigenvalue weighted by molar-refractivity contribution is 5.52. The van der Waals surface area contributed by atoms with Crippen LogP contribution >= 0.6 is 0 Å². The van der Waals surface area contributed by atoms with Crippen LogP contribution in [0, 0.1) is 5.92 Å². The van der Waals surface area contributed by atoms with Gasteiger partial charge in [0.1, 0.15) is 0 Å². The van der Waals surface area contributed by atoms with Gasteiger partial charge in [0.25, 0.3) is 0 Å². The molecule has 0 fully saturated rings. The lowest BCUT2D eigenvalue weighted by molar-refractivity contribution is 0.560. The molecule has 0 aliphatic heterocycles. The summed E-state index contributed by atoms with van der Waals surface area (Å²) in [6, 6.07) is 8.67. The Balaban J connectivity index is 2.84. The first kappa shape index (κ1) is 11.1. The zero-order chi connectivity index (χ0) is 10.6. The fraction of sp³-hybridized carbons (Fsp3) is 0.538. The second-order valence-electron chi connectivity index (χ2n) is 4.24. The van der Waals surface area contributed by atoms with E-state index >= 15 is 0 Å². The molecule has 1 unspecified atom stereocenters. The lowest BCUT2D eigenvalue weighted by atomic mass is 9.97. The number of anilines is 1. The zero-order valence-corrected chi connectivity index (χ0v) is 9.75. The van der Waals surface area contributed by atoms with Crippen molar-refractivity contribution in [1.29, 1.82) is 0 Å². The Morgan fingerprint density at radius 1 is 1.21 bits per heavy atom. The monoisotopic (exact) mass is 191 g/mol. The van der Waals surface area contributed by atoms with Gasteiger partial charge in [0.15, 0.2) is 0 Å². The first-order valence-electron chi connectivity index (χ1n) is 5.40. The maximum atomic E-state index is 2.31. The molecule has 78 valence electrons. The van der Waals surface area contributed by atoms with Crippen molar-refractivity contribution in [2.75, 3.05) is 19.0 Å². The summed E-state index contributed by atoms with van der Waals surface area (Å²) < 4.78 is 0. The minimum absolute atomic E-state index is 0.774. The number of rotatable bonds is 4. The molecule has 0 aliphatic rings. The molecule has 0 N–H and O–H groups in total. The first-order valence-corrected chi connectivity index (χ1v) is 5.40. The Bertz CT molecular complexity index is 278. The summed E-state index contributed by atoms with van der Waals surface area (Å²) in [6.07, 6.45) is 2.44. The fourth-order valence-corrected chi connectivity index (χ4v) is 1.64. The summed E-state index contributed by atoms with van der Waals surface area (Å²) in [7, 11) is 4.21. The predicted octanol–water partition coefficient (Wildman–Crippen LogP) is 3.34. The summed E-state index contributed by atoms with van der Waals surface area (Å²) >= 11 is 0. The largest absolute Gasteiger partial charge is 0.377 e. The molecule has 14 heavy (non-hydrogen) atoms. The van der Waals surface area contributed by atoms with Gasteiger partial charge < -0.3 is 4.90 Å². The summed E-state index contributed by atoms with van der Waals surface area (Å²) in [6.45, 7) is 4.56. The van der Waals surface area contributed by atoms with Crippen LogP contribution in [0.3, 0.4) is 0 Å². The van der Waals surface area contributed by atoms with Gasteiger partial charge in [0.05, 0.1) is 0 Å². The molecule has 1 atom stereocenters. The summed E-state index contributed by atoms with van der Waals surface area (Å²) in [5.41, 5.74) is 2.82. The Morgan fingerprint density at radius 3 is 2.43 bits per heavy atom. The number of benzene rings is 1. The Kier molecular flexibility index (Phi) is 3.99. The third-order valence-electron chi connectivity index (χ3n) is 2.74. The van der Waals surface area contributed by atoms with Gasteiger partial charge in [-0.15, -0.1) is 0 Å². The van der Waals surface area contributed by atoms with Gasteiger partial charge in [0, 0.05) is 19.8 Å². The zero-order valence-electron chi connectivity index (χ0n) is 9.75. The topological polar surface area (TPSA) is 3.24 Å². The molecular formula is C13H21N. The molecule has 0 bridgehead atoms. The van der Waals surface area contributed by atoms with Crippen LogP contribution in [-0.4, -0.2) is 14.1 Å². The molecule has 0 heterocycles. The van der Waals surface area contributed by atoms with Crippen LogP contribution in [0.4, 0.5) is 5.69 Å². The highest BCUT2D eigenvalue weighted by Crippen LogP contribution is 2.22. The van der Waals surface area contributed by atoms with Crippen molar-refractivity contribution >= 4 is 5.69 Å². The van der Waals surface area contributed by atoms with E-state index in [2.05, 4.69) is 57.1 Å². The van der Waals surface area contributed by atoms with Gasteiger partial charge in [-0.2, -0.15) is 0 Å². The smallest absolute Gasteiger partial charge is 0.0393 e. The van der Waals surface area contributed by atoms with Crippen molar-refractivity contribution in [3.63, 3.8) is 0 Å². The number of hydrogen-bond donors (Lipinski definition) is 0. The van der Waals surface area contributed by atoms with E-state index < -0.39 is 0 Å². The van der Waals surface area contributed by atoms with Crippen molar-refractivity contribution in [3.05, 3.63) is 29.8 Å². The molecule has 0 saturated heterocycles. The van der Waals surface area contributed by atoms with Crippen LogP contribution in [0.5, 0.6) is 0 Å². The average Bonchev–Trinajstić information content (AvgIpc) is 2.18. The van der Waals surface area contributed by atoms with Crippen molar-refractivity contribution in [1.82, 2.24) is 0 Å². The Hall–Kier alpha value is -0.980. The minimum Gasteiger partial charge on any atom is -0.377 e. The van der Waals surface area contributed by atoms with Gasteiger partial charge >= 0.3 is 0 Å². The molecule has 1 aromatic carbocycles. The molecule has 1 aromatic rings. The summed E-state index contributed by atoms with van der Waals surface area (Å²) in [4.78, 5) is 2.19. The molecule has 0 amide bonds. The number of nitrogens with zero attached hydrogens (tertiary/aromatic N) is 1. The van der Waals surface area contributed by atoms with Crippen molar-refractivity contribution in [2.45, 2.75) is 26.7 Å². The van der Waals surface area contributed by atoms with E-state index in [1.54, 1.807) is 0 Å². The van der Waals surface area contributed by atoms with Crippen LogP contribution in [0.1, 0.15) is 25.8 Å². The van der Waals surface area contributed by atoms with E-state index in [4.69, 9.17) is 0 Å². The van der Waals surface area contributed by atoms with E-state index in [9.17, 15) is 0 Å². The molecular weight excluding hydrogens is 170 g/mol. The molecule has 0 saturated carbocycles. The normalized spacial score (nSPS) is 12.6. The molecule has 0 spiro atoms. The van der Waals surface area contributed by atoms with Crippen LogP contribution in [0.25, 0.3) is 0 Å². The lowest BCUT2D eigenvalue weighted by Crippen LogP contribution is -2.12. The maximum absolute atomic E-state index is 2.31. The summed E-state index contributed by atoms with van der Waals surface area (Å²) in [5.74, 6) is 0.774. The fourth-order valence-electron chi connectivity index (χ4n) is 1.64. The SMILES string of the molecule is CCC(C)Cc1ccccc1N(C)C. The van der Waals surface area contributed by atoms with E-state index in [1.807, 2.05) is 0 Å². The average molecular weight is 191 g/mol. The van der Waals surface area contributed by atoms with Crippen LogP contribution in [0.2, 0.25) is 0 Å². The van der Waals surface area contributed by atoms with E-state index in [-0.39, 0.29) is 0 Å². The van der Waals surface area contributed by atoms with Crippen molar-refractivity contribution in [3.8, 4) is 0 Å². The molecule has 0 radical (unpaired) electrons. The second-order valence-corrected chi connectivity index (χ2v) is 4.24. The first-order chi connectivity index (χ1) is 6.65. The molecule has 0 aliphatic carbocycles. The maximum Gasteiger partial charge on any atom is 0.0393 e. The Morgan fingerprint density at radius 2 is 1.86 bits per heavy atom. The highest BCUT2D eigenvalue weighted by atomic mass is 15.1. The van der Waals surface area contributed by atoms with Crippen LogP contribution < -0.4 is 4.90 Å². The van der Waals surface area contributed by atoms with Gasteiger partial charge in [-0.1, -0.05) is 38.5 Å². The van der Waals surface area contributed by atoms with Gasteiger partial charge in [0.2, 0.25) is 0 Å². The van der Waals surface area contributed by atoms with Gasteiger partial charge in [-0.3, -0.25) is 0 Å². The third kappa shape index (κ3) is 2.76. The van der Waals surface area contributed by atoms with Crippen LogP contribution in [-0.2, 0) is 6.42 Å². The minimum atomic E-state index is 0.774. The standard InChI is InChI=1S/C13H21N/c1-5-11(2)10-12-8-6-7-9-13(12)14(3)4/h6-9,11H,5,10H2,1-4H3. The molecule has 0 aromatic heterocycles. The third-order valence-corrected chi connectivity index (χ3v) is 2.74. The van der Waals surface area contributed by atoms with Crippen molar-refractivity contribution < 1.29 is 0 Å².